The van der Waals surface area contributed by atoms with Crippen LogP contribution < -0.4 is 20.5 Å². The molecule has 140 valence electrons. The fourth-order valence-corrected chi connectivity index (χ4v) is 2.91. The Balaban J connectivity index is 3.27. The number of rotatable bonds is 10. The molecule has 0 amide bonds. The van der Waals surface area contributed by atoms with Crippen LogP contribution in [0.25, 0.3) is 0 Å². The minimum absolute atomic E-state index is 0.0575. The first kappa shape index (κ1) is 21.4. The maximum Gasteiger partial charge on any atom is 0.321 e. The van der Waals surface area contributed by atoms with Gasteiger partial charge in [0, 0.05) is 24.6 Å². The predicted octanol–water partition coefficient (Wildman–Crippen LogP) is 1.01. The van der Waals surface area contributed by atoms with E-state index in [-0.39, 0.29) is 34.6 Å². The highest BCUT2D eigenvalue weighted by Gasteiger charge is 2.31. The molecule has 1 aromatic carbocycles. The molecular formula is C15H20FIN2O6. The maximum absolute atomic E-state index is 14.2. The molecule has 0 saturated carbocycles. The second kappa shape index (κ2) is 9.73. The van der Waals surface area contributed by atoms with Crippen molar-refractivity contribution in [3.63, 3.8) is 0 Å². The summed E-state index contributed by atoms with van der Waals surface area (Å²) in [4.78, 5) is 22.0. The summed E-state index contributed by atoms with van der Waals surface area (Å²) in [5.74, 6) is -3.72. The molecule has 0 aliphatic heterocycles. The van der Waals surface area contributed by atoms with E-state index in [0.717, 1.165) is 0 Å². The van der Waals surface area contributed by atoms with Gasteiger partial charge in [-0.2, -0.15) is 0 Å². The smallest absolute Gasteiger partial charge is 0.321 e. The minimum atomic E-state index is -1.31. The summed E-state index contributed by atoms with van der Waals surface area (Å²) in [5.41, 5.74) is 6.15. The number of aliphatic carboxylic acids is 2. The lowest BCUT2D eigenvalue weighted by atomic mass is 9.90. The number of halogens is 2. The van der Waals surface area contributed by atoms with Crippen LogP contribution in [0.15, 0.2) is 6.07 Å². The Morgan fingerprint density at radius 3 is 2.40 bits per heavy atom. The SMILES string of the molecule is COc1c(C(CNCCC(=O)O)C(N)C(=O)O)cc(I)c(F)c1OC. The van der Waals surface area contributed by atoms with E-state index in [4.69, 9.17) is 20.3 Å². The van der Waals surface area contributed by atoms with E-state index >= 15 is 0 Å². The lowest BCUT2D eigenvalue weighted by Crippen LogP contribution is -2.41. The van der Waals surface area contributed by atoms with Gasteiger partial charge in [-0.1, -0.05) is 0 Å². The Kier molecular flexibility index (Phi) is 8.32. The Morgan fingerprint density at radius 1 is 1.32 bits per heavy atom. The number of hydrogen-bond acceptors (Lipinski definition) is 6. The van der Waals surface area contributed by atoms with E-state index < -0.39 is 29.7 Å². The molecule has 2 unspecified atom stereocenters. The van der Waals surface area contributed by atoms with E-state index in [1.54, 1.807) is 22.6 Å². The summed E-state index contributed by atoms with van der Waals surface area (Å²) in [5, 5.41) is 20.8. The molecule has 0 aliphatic rings. The van der Waals surface area contributed by atoms with Crippen LogP contribution in [0, 0.1) is 9.39 Å². The molecule has 0 spiro atoms. The van der Waals surface area contributed by atoms with Gasteiger partial charge in [0.25, 0.3) is 0 Å². The van der Waals surface area contributed by atoms with E-state index in [2.05, 4.69) is 5.32 Å². The van der Waals surface area contributed by atoms with Crippen molar-refractivity contribution in [1.82, 2.24) is 5.32 Å². The van der Waals surface area contributed by atoms with Crippen LogP contribution in [0.2, 0.25) is 0 Å². The highest BCUT2D eigenvalue weighted by atomic mass is 127. The zero-order chi connectivity index (χ0) is 19.1. The third kappa shape index (κ3) is 5.41. The first-order valence-corrected chi connectivity index (χ1v) is 8.33. The van der Waals surface area contributed by atoms with Gasteiger partial charge in [0.05, 0.1) is 24.2 Å². The van der Waals surface area contributed by atoms with Crippen molar-refractivity contribution in [2.45, 2.75) is 18.4 Å². The van der Waals surface area contributed by atoms with Gasteiger partial charge < -0.3 is 30.7 Å². The number of carboxylic acid groups (broad SMARTS) is 2. The second-order valence-electron chi connectivity index (χ2n) is 5.15. The van der Waals surface area contributed by atoms with E-state index in [1.807, 2.05) is 0 Å². The minimum Gasteiger partial charge on any atom is -0.492 e. The summed E-state index contributed by atoms with van der Waals surface area (Å²) in [6, 6.07) is 0.140. The van der Waals surface area contributed by atoms with Gasteiger partial charge in [0.2, 0.25) is 0 Å². The summed E-state index contributed by atoms with van der Waals surface area (Å²) < 4.78 is 24.7. The molecule has 0 bridgehead atoms. The quantitative estimate of drug-likeness (QED) is 0.295. The lowest BCUT2D eigenvalue weighted by Gasteiger charge is -2.25. The Bertz CT molecular complexity index is 643. The molecule has 1 aromatic rings. The highest BCUT2D eigenvalue weighted by molar-refractivity contribution is 14.1. The predicted molar refractivity (Wildman–Crippen MR) is 95.7 cm³/mol. The highest BCUT2D eigenvalue weighted by Crippen LogP contribution is 2.40. The first-order chi connectivity index (χ1) is 11.7. The number of carboxylic acids is 2. The van der Waals surface area contributed by atoms with Crippen LogP contribution in [-0.2, 0) is 9.59 Å². The number of nitrogens with two attached hydrogens (primary N) is 1. The molecular weight excluding hydrogens is 450 g/mol. The summed E-state index contributed by atoms with van der Waals surface area (Å²) in [7, 11) is 2.59. The van der Waals surface area contributed by atoms with Crippen LogP contribution in [0.4, 0.5) is 4.39 Å². The number of carbonyl (C=O) groups is 2. The van der Waals surface area contributed by atoms with Gasteiger partial charge in [0.15, 0.2) is 17.3 Å². The van der Waals surface area contributed by atoms with Gasteiger partial charge in [-0.3, -0.25) is 9.59 Å². The molecule has 2 atom stereocenters. The van der Waals surface area contributed by atoms with Gasteiger partial charge in [-0.15, -0.1) is 0 Å². The lowest BCUT2D eigenvalue weighted by molar-refractivity contribution is -0.139. The number of nitrogens with one attached hydrogen (secondary N) is 1. The monoisotopic (exact) mass is 470 g/mol. The zero-order valence-corrected chi connectivity index (χ0v) is 15.9. The normalized spacial score (nSPS) is 13.2. The first-order valence-electron chi connectivity index (χ1n) is 7.25. The van der Waals surface area contributed by atoms with Crippen LogP contribution in [0.3, 0.4) is 0 Å². The average molecular weight is 470 g/mol. The van der Waals surface area contributed by atoms with Gasteiger partial charge in [0.1, 0.15) is 6.04 Å². The number of hydrogen-bond donors (Lipinski definition) is 4. The molecule has 8 nitrogen and oxygen atoms in total. The van der Waals surface area contributed by atoms with Gasteiger partial charge in [-0.05, 0) is 28.7 Å². The molecule has 0 aliphatic carbocycles. The topological polar surface area (TPSA) is 131 Å². The van der Waals surface area contributed by atoms with Crippen molar-refractivity contribution in [2.75, 3.05) is 27.3 Å². The largest absolute Gasteiger partial charge is 0.492 e. The van der Waals surface area contributed by atoms with E-state index in [9.17, 15) is 19.1 Å². The van der Waals surface area contributed by atoms with Crippen LogP contribution in [-0.4, -0.2) is 55.5 Å². The molecule has 25 heavy (non-hydrogen) atoms. The molecule has 5 N–H and O–H groups in total. The summed E-state index contributed by atoms with van der Waals surface area (Å²) in [6.45, 7) is 0.206. The number of ether oxygens (including phenoxy) is 2. The standard InChI is InChI=1S/C15H20FIN2O6/c1-24-13-7(5-9(17)11(16)14(13)25-2)8(12(18)15(22)23)6-19-4-3-10(20)21/h5,8,12,19H,3-4,6,18H2,1-2H3,(H,20,21)(H,22,23). The van der Waals surface area contributed by atoms with Crippen molar-refractivity contribution in [3.8, 4) is 11.5 Å². The van der Waals surface area contributed by atoms with Crippen molar-refractivity contribution in [1.29, 1.82) is 0 Å². The number of benzene rings is 1. The Morgan fingerprint density at radius 2 is 1.92 bits per heavy atom. The second-order valence-corrected chi connectivity index (χ2v) is 6.31. The molecule has 0 radical (unpaired) electrons. The van der Waals surface area contributed by atoms with Crippen LogP contribution in [0.1, 0.15) is 17.9 Å². The van der Waals surface area contributed by atoms with Crippen LogP contribution >= 0.6 is 22.6 Å². The van der Waals surface area contributed by atoms with Crippen molar-refractivity contribution >= 4 is 34.5 Å². The molecule has 1 rings (SSSR count). The van der Waals surface area contributed by atoms with Gasteiger partial charge in [-0.25, -0.2) is 4.39 Å². The molecule has 0 saturated heterocycles. The van der Waals surface area contributed by atoms with Crippen molar-refractivity contribution in [2.24, 2.45) is 5.73 Å². The van der Waals surface area contributed by atoms with Crippen LogP contribution in [0.5, 0.6) is 11.5 Å². The molecule has 0 heterocycles. The van der Waals surface area contributed by atoms with Gasteiger partial charge >= 0.3 is 11.9 Å². The third-order valence-electron chi connectivity index (χ3n) is 3.57. The maximum atomic E-state index is 14.2. The fraction of sp³-hybridized carbons (Fsp3) is 0.467. The average Bonchev–Trinajstić information content (AvgIpc) is 2.56. The third-order valence-corrected chi connectivity index (χ3v) is 4.35. The zero-order valence-electron chi connectivity index (χ0n) is 13.7. The Hall–Kier alpha value is -1.66. The van der Waals surface area contributed by atoms with E-state index in [1.165, 1.54) is 20.3 Å². The van der Waals surface area contributed by atoms with E-state index in [0.29, 0.717) is 5.56 Å². The molecule has 0 aromatic heterocycles. The van der Waals surface area contributed by atoms with Crippen molar-refractivity contribution in [3.05, 3.63) is 21.0 Å². The Labute approximate surface area is 157 Å². The molecule has 10 heteroatoms. The fourth-order valence-electron chi connectivity index (χ4n) is 2.33. The summed E-state index contributed by atoms with van der Waals surface area (Å²) in [6.07, 6.45) is -0.129. The number of methoxy groups -OCH3 is 2. The summed E-state index contributed by atoms with van der Waals surface area (Å²) >= 11 is 1.76. The molecule has 0 fully saturated rings. The van der Waals surface area contributed by atoms with Crippen molar-refractivity contribution < 1.29 is 33.7 Å².